The summed E-state index contributed by atoms with van der Waals surface area (Å²) >= 11 is 0. The lowest BCUT2D eigenvalue weighted by Crippen LogP contribution is -2.33. The van der Waals surface area contributed by atoms with Crippen LogP contribution in [0.15, 0.2) is 35.1 Å². The molecule has 1 saturated heterocycles. The summed E-state index contributed by atoms with van der Waals surface area (Å²) in [5.41, 5.74) is 1.58. The summed E-state index contributed by atoms with van der Waals surface area (Å²) in [7, 11) is 0. The number of hydrogen-bond acceptors (Lipinski definition) is 6. The van der Waals surface area contributed by atoms with Gasteiger partial charge in [0.2, 0.25) is 0 Å². The van der Waals surface area contributed by atoms with Gasteiger partial charge in [0.1, 0.15) is 17.5 Å². The van der Waals surface area contributed by atoms with Gasteiger partial charge in [-0.2, -0.15) is 0 Å². The van der Waals surface area contributed by atoms with E-state index in [1.54, 1.807) is 10.6 Å². The van der Waals surface area contributed by atoms with Gasteiger partial charge in [-0.3, -0.25) is 9.36 Å². The molecule has 1 atom stereocenters. The van der Waals surface area contributed by atoms with Gasteiger partial charge in [-0.1, -0.05) is 12.1 Å². The SMILES string of the molecule is Cc1cc(N2CCCC2c2nc3ccccc3c(=O)n2CCO)nc(C2CC2)n1. The molecule has 0 amide bonds. The quantitative estimate of drug-likeness (QED) is 0.720. The second-order valence-electron chi connectivity index (χ2n) is 8.02. The van der Waals surface area contributed by atoms with Crippen LogP contribution in [0.3, 0.4) is 0 Å². The first-order valence-electron chi connectivity index (χ1n) is 10.4. The van der Waals surface area contributed by atoms with E-state index in [2.05, 4.69) is 9.88 Å². The van der Waals surface area contributed by atoms with Crippen LogP contribution in [0.5, 0.6) is 0 Å². The molecule has 150 valence electrons. The minimum atomic E-state index is -0.0991. The van der Waals surface area contributed by atoms with Crippen molar-refractivity contribution in [3.05, 3.63) is 58.0 Å². The summed E-state index contributed by atoms with van der Waals surface area (Å²) in [4.78, 5) is 29.7. The Kier molecular flexibility index (Phi) is 4.54. The van der Waals surface area contributed by atoms with E-state index in [4.69, 9.17) is 9.97 Å². The fourth-order valence-electron chi connectivity index (χ4n) is 4.31. The molecule has 2 aliphatic rings. The molecule has 3 heterocycles. The molecule has 7 nitrogen and oxygen atoms in total. The zero-order valence-corrected chi connectivity index (χ0v) is 16.6. The average Bonchev–Trinajstić information content (AvgIpc) is 3.46. The van der Waals surface area contributed by atoms with E-state index in [0.29, 0.717) is 22.6 Å². The molecule has 1 N–H and O–H groups in total. The van der Waals surface area contributed by atoms with E-state index < -0.39 is 0 Å². The van der Waals surface area contributed by atoms with E-state index in [1.807, 2.05) is 31.2 Å². The number of aromatic nitrogens is 4. The van der Waals surface area contributed by atoms with Crippen LogP contribution in [0.4, 0.5) is 5.82 Å². The van der Waals surface area contributed by atoms with Crippen molar-refractivity contribution in [1.29, 1.82) is 0 Å². The molecule has 29 heavy (non-hydrogen) atoms. The highest BCUT2D eigenvalue weighted by molar-refractivity contribution is 5.77. The van der Waals surface area contributed by atoms with Crippen molar-refractivity contribution in [3.63, 3.8) is 0 Å². The molecule has 1 saturated carbocycles. The van der Waals surface area contributed by atoms with Crippen molar-refractivity contribution in [2.24, 2.45) is 0 Å². The standard InChI is InChI=1S/C22H25N5O2/c1-14-13-19(25-20(23-14)15-8-9-15)26-10-4-7-18(26)21-24-17-6-3-2-5-16(17)22(29)27(21)11-12-28/h2-3,5-6,13,15,18,28H,4,7-12H2,1H3. The Balaban J connectivity index is 1.62. The number of aryl methyl sites for hydroxylation is 1. The number of anilines is 1. The number of fused-ring (bicyclic) bond motifs is 1. The molecule has 7 heteroatoms. The fraction of sp³-hybridized carbons (Fsp3) is 0.455. The number of rotatable bonds is 5. The maximum atomic E-state index is 13.1. The topological polar surface area (TPSA) is 84.1 Å². The van der Waals surface area contributed by atoms with Crippen LogP contribution in [0, 0.1) is 6.92 Å². The van der Waals surface area contributed by atoms with Gasteiger partial charge >= 0.3 is 0 Å². The lowest BCUT2D eigenvalue weighted by Gasteiger charge is -2.28. The molecule has 1 aliphatic heterocycles. The highest BCUT2D eigenvalue weighted by Crippen LogP contribution is 2.40. The number of aliphatic hydroxyl groups excluding tert-OH is 1. The zero-order valence-electron chi connectivity index (χ0n) is 16.6. The summed E-state index contributed by atoms with van der Waals surface area (Å²) in [5, 5.41) is 10.2. The van der Waals surface area contributed by atoms with Crippen molar-refractivity contribution < 1.29 is 5.11 Å². The number of para-hydroxylation sites is 1. The molecular formula is C22H25N5O2. The molecule has 0 spiro atoms. The van der Waals surface area contributed by atoms with Crippen LogP contribution in [0.2, 0.25) is 0 Å². The maximum absolute atomic E-state index is 13.1. The first-order chi connectivity index (χ1) is 14.2. The Hall–Kier alpha value is -2.80. The molecule has 2 aromatic heterocycles. The first kappa shape index (κ1) is 18.2. The summed E-state index contributed by atoms with van der Waals surface area (Å²) in [6.45, 7) is 3.02. The molecule has 3 aromatic rings. The van der Waals surface area contributed by atoms with Gasteiger partial charge in [0.15, 0.2) is 0 Å². The van der Waals surface area contributed by atoms with Gasteiger partial charge in [-0.25, -0.2) is 15.0 Å². The molecule has 2 fully saturated rings. The highest BCUT2D eigenvalue weighted by atomic mass is 16.3. The summed E-state index contributed by atoms with van der Waals surface area (Å²) < 4.78 is 1.64. The van der Waals surface area contributed by atoms with Gasteiger partial charge in [0, 0.05) is 24.2 Å². The van der Waals surface area contributed by atoms with Crippen LogP contribution in [0.25, 0.3) is 10.9 Å². The monoisotopic (exact) mass is 391 g/mol. The number of nitrogens with zero attached hydrogens (tertiary/aromatic N) is 5. The van der Waals surface area contributed by atoms with Crippen molar-refractivity contribution in [2.75, 3.05) is 18.1 Å². The number of aliphatic hydroxyl groups is 1. The Morgan fingerprint density at radius 3 is 2.76 bits per heavy atom. The lowest BCUT2D eigenvalue weighted by atomic mass is 10.1. The largest absolute Gasteiger partial charge is 0.395 e. The Morgan fingerprint density at radius 1 is 1.14 bits per heavy atom. The Morgan fingerprint density at radius 2 is 1.97 bits per heavy atom. The first-order valence-corrected chi connectivity index (χ1v) is 10.4. The van der Waals surface area contributed by atoms with Crippen LogP contribution < -0.4 is 10.5 Å². The van der Waals surface area contributed by atoms with Gasteiger partial charge in [0.25, 0.3) is 5.56 Å². The number of benzene rings is 1. The van der Waals surface area contributed by atoms with Crippen molar-refractivity contribution in [1.82, 2.24) is 19.5 Å². The number of hydrogen-bond donors (Lipinski definition) is 1. The van der Waals surface area contributed by atoms with Crippen LogP contribution >= 0.6 is 0 Å². The van der Waals surface area contributed by atoms with Gasteiger partial charge in [-0.05, 0) is 44.7 Å². The molecule has 0 bridgehead atoms. The Labute approximate surface area is 169 Å². The predicted molar refractivity (Wildman–Crippen MR) is 111 cm³/mol. The minimum Gasteiger partial charge on any atom is -0.395 e. The third kappa shape index (κ3) is 3.29. The fourth-order valence-corrected chi connectivity index (χ4v) is 4.31. The summed E-state index contributed by atoms with van der Waals surface area (Å²) in [6.07, 6.45) is 4.23. The van der Waals surface area contributed by atoms with E-state index in [1.165, 1.54) is 0 Å². The highest BCUT2D eigenvalue weighted by Gasteiger charge is 2.33. The minimum absolute atomic E-state index is 0.0415. The van der Waals surface area contributed by atoms with E-state index in [-0.39, 0.29) is 24.8 Å². The summed E-state index contributed by atoms with van der Waals surface area (Å²) in [6, 6.07) is 9.41. The molecule has 1 aliphatic carbocycles. The maximum Gasteiger partial charge on any atom is 0.261 e. The van der Waals surface area contributed by atoms with Crippen molar-refractivity contribution >= 4 is 16.7 Å². The molecule has 1 aromatic carbocycles. The van der Waals surface area contributed by atoms with Gasteiger partial charge < -0.3 is 10.0 Å². The third-order valence-electron chi connectivity index (χ3n) is 5.86. The van der Waals surface area contributed by atoms with E-state index in [9.17, 15) is 9.90 Å². The second kappa shape index (κ2) is 7.22. The van der Waals surface area contributed by atoms with Crippen molar-refractivity contribution in [2.45, 2.75) is 51.1 Å². The normalized spacial score (nSPS) is 19.2. The molecule has 1 unspecified atom stereocenters. The van der Waals surface area contributed by atoms with Gasteiger partial charge in [0.05, 0.1) is 30.1 Å². The zero-order chi connectivity index (χ0) is 20.0. The van der Waals surface area contributed by atoms with Crippen LogP contribution in [-0.4, -0.2) is 37.8 Å². The van der Waals surface area contributed by atoms with Crippen LogP contribution in [0.1, 0.15) is 55.0 Å². The van der Waals surface area contributed by atoms with Crippen LogP contribution in [-0.2, 0) is 6.54 Å². The third-order valence-corrected chi connectivity index (χ3v) is 5.86. The van der Waals surface area contributed by atoms with E-state index in [0.717, 1.165) is 49.6 Å². The molecular weight excluding hydrogens is 366 g/mol. The van der Waals surface area contributed by atoms with E-state index >= 15 is 0 Å². The average molecular weight is 391 g/mol. The van der Waals surface area contributed by atoms with Crippen molar-refractivity contribution in [3.8, 4) is 0 Å². The lowest BCUT2D eigenvalue weighted by molar-refractivity contribution is 0.270. The smallest absolute Gasteiger partial charge is 0.261 e. The Bertz CT molecular complexity index is 1120. The second-order valence-corrected chi connectivity index (χ2v) is 8.02. The molecule has 0 radical (unpaired) electrons. The molecule has 5 rings (SSSR count). The summed E-state index contributed by atoms with van der Waals surface area (Å²) in [5.74, 6) is 3.05. The predicted octanol–water partition coefficient (Wildman–Crippen LogP) is 2.71. The van der Waals surface area contributed by atoms with Gasteiger partial charge in [-0.15, -0.1) is 0 Å².